The van der Waals surface area contributed by atoms with Crippen molar-refractivity contribution >= 4 is 10.0 Å². The Morgan fingerprint density at radius 1 is 1.46 bits per heavy atom. The molecule has 0 bridgehead atoms. The van der Waals surface area contributed by atoms with Gasteiger partial charge in [0.25, 0.3) is 0 Å². The Labute approximate surface area is 80.4 Å². The first-order valence-electron chi connectivity index (χ1n) is 4.62. The molecule has 0 radical (unpaired) electrons. The van der Waals surface area contributed by atoms with Crippen molar-refractivity contribution in [2.75, 3.05) is 19.3 Å². The van der Waals surface area contributed by atoms with E-state index in [0.717, 1.165) is 19.5 Å². The van der Waals surface area contributed by atoms with Crippen LogP contribution in [0.5, 0.6) is 0 Å². The van der Waals surface area contributed by atoms with Gasteiger partial charge in [-0.05, 0) is 26.8 Å². The van der Waals surface area contributed by atoms with Gasteiger partial charge in [-0.3, -0.25) is 0 Å². The van der Waals surface area contributed by atoms with Crippen molar-refractivity contribution in [3.05, 3.63) is 0 Å². The summed E-state index contributed by atoms with van der Waals surface area (Å²) in [5, 5.41) is 3.17. The first-order chi connectivity index (χ1) is 5.93. The van der Waals surface area contributed by atoms with E-state index >= 15 is 0 Å². The Hall–Kier alpha value is -0.130. The molecular weight excluding hydrogens is 188 g/mol. The van der Waals surface area contributed by atoms with Gasteiger partial charge in [-0.25, -0.2) is 8.42 Å². The van der Waals surface area contributed by atoms with E-state index in [1.807, 2.05) is 13.8 Å². The lowest BCUT2D eigenvalue weighted by Gasteiger charge is -2.29. The fourth-order valence-electron chi connectivity index (χ4n) is 1.93. The van der Waals surface area contributed by atoms with Gasteiger partial charge in [0.15, 0.2) is 0 Å². The van der Waals surface area contributed by atoms with Crippen molar-refractivity contribution in [1.82, 2.24) is 9.62 Å². The van der Waals surface area contributed by atoms with Crippen LogP contribution in [0.4, 0.5) is 0 Å². The highest BCUT2D eigenvalue weighted by molar-refractivity contribution is 7.88. The van der Waals surface area contributed by atoms with Gasteiger partial charge >= 0.3 is 0 Å². The first kappa shape index (κ1) is 10.9. The molecule has 1 fully saturated rings. The van der Waals surface area contributed by atoms with Crippen LogP contribution in [-0.2, 0) is 10.0 Å². The smallest absolute Gasteiger partial charge is 0.211 e. The van der Waals surface area contributed by atoms with Gasteiger partial charge < -0.3 is 5.32 Å². The van der Waals surface area contributed by atoms with Crippen LogP contribution in [0.15, 0.2) is 0 Å². The SMILES string of the molecule is CC(C)N(C1CCNC1)S(C)(=O)=O. The molecule has 1 atom stereocenters. The number of sulfonamides is 1. The zero-order chi connectivity index (χ0) is 10.1. The summed E-state index contributed by atoms with van der Waals surface area (Å²) < 4.78 is 24.5. The molecular formula is C8H18N2O2S. The highest BCUT2D eigenvalue weighted by atomic mass is 32.2. The standard InChI is InChI=1S/C8H18N2O2S/c1-7(2)10(13(3,11)12)8-4-5-9-6-8/h7-9H,4-6H2,1-3H3. The van der Waals surface area contributed by atoms with Gasteiger partial charge in [0.05, 0.1) is 6.26 Å². The summed E-state index contributed by atoms with van der Waals surface area (Å²) in [6, 6.07) is 0.204. The van der Waals surface area contributed by atoms with Crippen LogP contribution in [0.25, 0.3) is 0 Å². The minimum atomic E-state index is -3.05. The quantitative estimate of drug-likeness (QED) is 0.708. The topological polar surface area (TPSA) is 49.4 Å². The summed E-state index contributed by atoms with van der Waals surface area (Å²) in [6.45, 7) is 5.54. The fourth-order valence-corrected chi connectivity index (χ4v) is 3.42. The lowest BCUT2D eigenvalue weighted by atomic mass is 10.2. The van der Waals surface area contributed by atoms with E-state index < -0.39 is 10.0 Å². The van der Waals surface area contributed by atoms with Gasteiger partial charge in [0.1, 0.15) is 0 Å². The second-order valence-electron chi connectivity index (χ2n) is 3.83. The molecule has 1 saturated heterocycles. The average Bonchev–Trinajstić information content (AvgIpc) is 2.34. The molecule has 78 valence electrons. The largest absolute Gasteiger partial charge is 0.315 e. The molecule has 1 unspecified atom stereocenters. The van der Waals surface area contributed by atoms with Crippen molar-refractivity contribution in [3.63, 3.8) is 0 Å². The number of nitrogens with one attached hydrogen (secondary N) is 1. The van der Waals surface area contributed by atoms with E-state index in [-0.39, 0.29) is 12.1 Å². The van der Waals surface area contributed by atoms with Crippen LogP contribution in [0.1, 0.15) is 20.3 Å². The molecule has 0 aromatic rings. The third-order valence-corrected chi connectivity index (χ3v) is 3.77. The summed E-state index contributed by atoms with van der Waals surface area (Å²) in [5.41, 5.74) is 0. The van der Waals surface area contributed by atoms with Crippen LogP contribution in [0.3, 0.4) is 0 Å². The number of rotatable bonds is 3. The average molecular weight is 206 g/mol. The zero-order valence-corrected chi connectivity index (χ0v) is 9.26. The maximum atomic E-state index is 11.5. The fraction of sp³-hybridized carbons (Fsp3) is 1.00. The predicted molar refractivity (Wildman–Crippen MR) is 53.1 cm³/mol. The van der Waals surface area contributed by atoms with E-state index in [0.29, 0.717) is 0 Å². The molecule has 0 saturated carbocycles. The van der Waals surface area contributed by atoms with Crippen molar-refractivity contribution in [1.29, 1.82) is 0 Å². The van der Waals surface area contributed by atoms with Crippen LogP contribution in [-0.4, -0.2) is 44.2 Å². The molecule has 0 aliphatic carbocycles. The molecule has 1 N–H and O–H groups in total. The third-order valence-electron chi connectivity index (χ3n) is 2.29. The Kier molecular flexibility index (Phi) is 3.32. The van der Waals surface area contributed by atoms with Gasteiger partial charge in [-0.1, -0.05) is 0 Å². The van der Waals surface area contributed by atoms with E-state index in [2.05, 4.69) is 5.32 Å². The molecule has 13 heavy (non-hydrogen) atoms. The van der Waals surface area contributed by atoms with Crippen LogP contribution in [0, 0.1) is 0 Å². The van der Waals surface area contributed by atoms with Crippen molar-refractivity contribution in [2.24, 2.45) is 0 Å². The maximum Gasteiger partial charge on any atom is 0.211 e. The van der Waals surface area contributed by atoms with Crippen LogP contribution in [0.2, 0.25) is 0 Å². The molecule has 1 aliphatic rings. The summed E-state index contributed by atoms with van der Waals surface area (Å²) in [7, 11) is -3.05. The molecule has 4 nitrogen and oxygen atoms in total. The molecule has 5 heteroatoms. The van der Waals surface area contributed by atoms with Crippen LogP contribution >= 0.6 is 0 Å². The van der Waals surface area contributed by atoms with E-state index in [9.17, 15) is 8.42 Å². The second-order valence-corrected chi connectivity index (χ2v) is 5.72. The van der Waals surface area contributed by atoms with Crippen molar-refractivity contribution < 1.29 is 8.42 Å². The van der Waals surface area contributed by atoms with Gasteiger partial charge in [-0.15, -0.1) is 0 Å². The van der Waals surface area contributed by atoms with Crippen LogP contribution < -0.4 is 5.32 Å². The highest BCUT2D eigenvalue weighted by Crippen LogP contribution is 2.15. The molecule has 1 heterocycles. The van der Waals surface area contributed by atoms with E-state index in [1.165, 1.54) is 6.26 Å². The number of hydrogen-bond acceptors (Lipinski definition) is 3. The Morgan fingerprint density at radius 2 is 2.08 bits per heavy atom. The van der Waals surface area contributed by atoms with Gasteiger partial charge in [0, 0.05) is 18.6 Å². The number of hydrogen-bond donors (Lipinski definition) is 1. The lowest BCUT2D eigenvalue weighted by molar-refractivity contribution is 0.288. The molecule has 1 rings (SSSR count). The number of nitrogens with zero attached hydrogens (tertiary/aromatic N) is 1. The molecule has 0 aromatic carbocycles. The van der Waals surface area contributed by atoms with Gasteiger partial charge in [-0.2, -0.15) is 4.31 Å². The van der Waals surface area contributed by atoms with E-state index in [4.69, 9.17) is 0 Å². The Bertz CT molecular complexity index is 255. The minimum Gasteiger partial charge on any atom is -0.315 e. The third kappa shape index (κ3) is 2.65. The van der Waals surface area contributed by atoms with E-state index in [1.54, 1.807) is 4.31 Å². The minimum absolute atomic E-state index is 0.0555. The van der Waals surface area contributed by atoms with Crippen molar-refractivity contribution in [2.45, 2.75) is 32.4 Å². The molecule has 1 aliphatic heterocycles. The first-order valence-corrected chi connectivity index (χ1v) is 6.47. The lowest BCUT2D eigenvalue weighted by Crippen LogP contribution is -2.45. The highest BCUT2D eigenvalue weighted by Gasteiger charge is 2.30. The van der Waals surface area contributed by atoms with Gasteiger partial charge in [0.2, 0.25) is 10.0 Å². The molecule has 0 spiro atoms. The second kappa shape index (κ2) is 3.94. The Balaban J connectivity index is 2.79. The summed E-state index contributed by atoms with van der Waals surface area (Å²) in [5.74, 6) is 0. The summed E-state index contributed by atoms with van der Waals surface area (Å²) in [4.78, 5) is 0. The summed E-state index contributed by atoms with van der Waals surface area (Å²) >= 11 is 0. The maximum absolute atomic E-state index is 11.5. The molecule has 0 aromatic heterocycles. The monoisotopic (exact) mass is 206 g/mol. The Morgan fingerprint density at radius 3 is 2.38 bits per heavy atom. The normalized spacial score (nSPS) is 24.5. The summed E-state index contributed by atoms with van der Waals surface area (Å²) in [6.07, 6.45) is 2.20. The zero-order valence-electron chi connectivity index (χ0n) is 8.45. The van der Waals surface area contributed by atoms with Crippen molar-refractivity contribution in [3.8, 4) is 0 Å². The predicted octanol–water partition coefficient (Wildman–Crippen LogP) is 0.0183. The molecule has 0 amide bonds.